The lowest BCUT2D eigenvalue weighted by Crippen LogP contribution is -2.21. The predicted molar refractivity (Wildman–Crippen MR) is 67.9 cm³/mol. The van der Waals surface area contributed by atoms with Crippen molar-refractivity contribution in [2.75, 3.05) is 7.05 Å². The molecule has 1 aromatic heterocycles. The van der Waals surface area contributed by atoms with E-state index in [1.165, 1.54) is 18.5 Å². The Morgan fingerprint density at radius 1 is 1.50 bits per heavy atom. The van der Waals surface area contributed by atoms with E-state index in [0.717, 1.165) is 11.4 Å². The van der Waals surface area contributed by atoms with Crippen molar-refractivity contribution in [1.82, 2.24) is 20.1 Å². The number of aryl methyl sites for hydroxylation is 1. The minimum Gasteiger partial charge on any atom is -0.313 e. The smallest absolute Gasteiger partial charge is 0.138 e. The third-order valence-corrected chi connectivity index (χ3v) is 3.21. The summed E-state index contributed by atoms with van der Waals surface area (Å²) >= 11 is 6.06. The second-order valence-corrected chi connectivity index (χ2v) is 4.42. The molecule has 1 aromatic carbocycles. The number of aromatic nitrogens is 3. The minimum atomic E-state index is -0.336. The van der Waals surface area contributed by atoms with Gasteiger partial charge in [0.25, 0.3) is 0 Å². The lowest BCUT2D eigenvalue weighted by atomic mass is 10.0. The molecule has 0 fully saturated rings. The molecule has 4 nitrogen and oxygen atoms in total. The highest BCUT2D eigenvalue weighted by molar-refractivity contribution is 6.31. The van der Waals surface area contributed by atoms with Crippen LogP contribution in [-0.2, 0) is 13.5 Å². The molecule has 1 N–H and O–H groups in total. The number of nitrogens with zero attached hydrogens (tertiary/aromatic N) is 3. The molecular formula is C12H14ClFN4. The summed E-state index contributed by atoms with van der Waals surface area (Å²) in [4.78, 5) is 4.17. The Labute approximate surface area is 110 Å². The van der Waals surface area contributed by atoms with Gasteiger partial charge in [-0.3, -0.25) is 4.68 Å². The van der Waals surface area contributed by atoms with Crippen molar-refractivity contribution in [2.24, 2.45) is 7.05 Å². The molecule has 0 saturated carbocycles. The molecular weight excluding hydrogens is 255 g/mol. The average Bonchev–Trinajstić information content (AvgIpc) is 2.73. The standard InChI is InChI=1S/C12H14ClFN4/c1-15-11(6-12-16-7-17-18(12)2)9-4-3-8(14)5-10(9)13/h3-5,7,11,15H,6H2,1-2H3. The van der Waals surface area contributed by atoms with Crippen molar-refractivity contribution in [3.63, 3.8) is 0 Å². The Morgan fingerprint density at radius 3 is 2.83 bits per heavy atom. The molecule has 1 heterocycles. The molecule has 0 aliphatic rings. The topological polar surface area (TPSA) is 42.7 Å². The Morgan fingerprint density at radius 2 is 2.28 bits per heavy atom. The Kier molecular flexibility index (Phi) is 3.93. The van der Waals surface area contributed by atoms with Gasteiger partial charge in [-0.1, -0.05) is 17.7 Å². The highest BCUT2D eigenvalue weighted by Crippen LogP contribution is 2.25. The van der Waals surface area contributed by atoms with E-state index in [4.69, 9.17) is 11.6 Å². The van der Waals surface area contributed by atoms with Gasteiger partial charge in [0.1, 0.15) is 18.0 Å². The van der Waals surface area contributed by atoms with Crippen LogP contribution in [-0.4, -0.2) is 21.8 Å². The number of hydrogen-bond donors (Lipinski definition) is 1. The van der Waals surface area contributed by atoms with Gasteiger partial charge in [0.2, 0.25) is 0 Å². The number of likely N-dealkylation sites (N-methyl/N-ethyl adjacent to an activating group) is 1. The van der Waals surface area contributed by atoms with Crippen molar-refractivity contribution in [2.45, 2.75) is 12.5 Å². The number of nitrogens with one attached hydrogen (secondary N) is 1. The summed E-state index contributed by atoms with van der Waals surface area (Å²) in [5.41, 5.74) is 0.851. The first-order valence-electron chi connectivity index (χ1n) is 5.57. The first kappa shape index (κ1) is 13.0. The van der Waals surface area contributed by atoms with E-state index in [9.17, 15) is 4.39 Å². The largest absolute Gasteiger partial charge is 0.313 e. The fourth-order valence-electron chi connectivity index (χ4n) is 1.84. The van der Waals surface area contributed by atoms with Gasteiger partial charge in [-0.2, -0.15) is 5.10 Å². The molecule has 0 saturated heterocycles. The zero-order valence-corrected chi connectivity index (χ0v) is 10.9. The number of hydrogen-bond acceptors (Lipinski definition) is 3. The Bertz CT molecular complexity index is 541. The number of rotatable bonds is 4. The van der Waals surface area contributed by atoms with Crippen molar-refractivity contribution in [1.29, 1.82) is 0 Å². The molecule has 0 aliphatic carbocycles. The van der Waals surface area contributed by atoms with E-state index in [1.54, 1.807) is 10.7 Å². The van der Waals surface area contributed by atoms with E-state index in [0.29, 0.717) is 11.4 Å². The SMILES string of the molecule is CNC(Cc1ncnn1C)c1ccc(F)cc1Cl. The molecule has 0 amide bonds. The molecule has 0 bridgehead atoms. The van der Waals surface area contributed by atoms with Gasteiger partial charge < -0.3 is 5.32 Å². The molecule has 0 spiro atoms. The first-order valence-corrected chi connectivity index (χ1v) is 5.94. The zero-order chi connectivity index (χ0) is 13.1. The van der Waals surface area contributed by atoms with Crippen LogP contribution in [0.3, 0.4) is 0 Å². The number of halogens is 2. The predicted octanol–water partition coefficient (Wildman–Crippen LogP) is 2.11. The van der Waals surface area contributed by atoms with E-state index in [1.807, 2.05) is 14.1 Å². The van der Waals surface area contributed by atoms with Crippen LogP contribution in [0.2, 0.25) is 5.02 Å². The van der Waals surface area contributed by atoms with E-state index >= 15 is 0 Å². The monoisotopic (exact) mass is 268 g/mol. The summed E-state index contributed by atoms with van der Waals surface area (Å²) in [6, 6.07) is 4.39. The number of benzene rings is 1. The maximum absolute atomic E-state index is 13.0. The van der Waals surface area contributed by atoms with Crippen LogP contribution in [0, 0.1) is 5.82 Å². The van der Waals surface area contributed by atoms with Crippen molar-refractivity contribution in [3.8, 4) is 0 Å². The van der Waals surface area contributed by atoms with Gasteiger partial charge in [0.05, 0.1) is 0 Å². The maximum atomic E-state index is 13.0. The van der Waals surface area contributed by atoms with Gasteiger partial charge in [0.15, 0.2) is 0 Å². The van der Waals surface area contributed by atoms with Gasteiger partial charge >= 0.3 is 0 Å². The lowest BCUT2D eigenvalue weighted by molar-refractivity contribution is 0.551. The second kappa shape index (κ2) is 5.46. The Balaban J connectivity index is 2.26. The van der Waals surface area contributed by atoms with Crippen LogP contribution in [0.15, 0.2) is 24.5 Å². The Hall–Kier alpha value is -1.46. The highest BCUT2D eigenvalue weighted by Gasteiger charge is 2.16. The van der Waals surface area contributed by atoms with Crippen LogP contribution in [0.5, 0.6) is 0 Å². The third kappa shape index (κ3) is 2.68. The van der Waals surface area contributed by atoms with Crippen LogP contribution in [0.25, 0.3) is 0 Å². The molecule has 0 radical (unpaired) electrons. The second-order valence-electron chi connectivity index (χ2n) is 4.01. The van der Waals surface area contributed by atoms with E-state index in [-0.39, 0.29) is 11.9 Å². The molecule has 6 heteroatoms. The van der Waals surface area contributed by atoms with Crippen molar-refractivity contribution >= 4 is 11.6 Å². The maximum Gasteiger partial charge on any atom is 0.138 e. The summed E-state index contributed by atoms with van der Waals surface area (Å²) in [5.74, 6) is 0.506. The van der Waals surface area contributed by atoms with Crippen LogP contribution in [0.1, 0.15) is 17.4 Å². The van der Waals surface area contributed by atoms with Gasteiger partial charge in [-0.15, -0.1) is 0 Å². The zero-order valence-electron chi connectivity index (χ0n) is 10.2. The summed E-state index contributed by atoms with van der Waals surface area (Å²) in [5, 5.41) is 7.59. The molecule has 2 aromatic rings. The molecule has 0 aliphatic heterocycles. The molecule has 1 unspecified atom stereocenters. The summed E-state index contributed by atoms with van der Waals surface area (Å²) < 4.78 is 14.7. The molecule has 2 rings (SSSR count). The molecule has 1 atom stereocenters. The fourth-order valence-corrected chi connectivity index (χ4v) is 2.14. The van der Waals surface area contributed by atoms with Gasteiger partial charge in [-0.25, -0.2) is 9.37 Å². The van der Waals surface area contributed by atoms with Crippen LogP contribution in [0.4, 0.5) is 4.39 Å². The first-order chi connectivity index (χ1) is 8.61. The van der Waals surface area contributed by atoms with Crippen LogP contribution < -0.4 is 5.32 Å². The summed E-state index contributed by atoms with van der Waals surface area (Å²) in [7, 11) is 3.67. The highest BCUT2D eigenvalue weighted by atomic mass is 35.5. The normalized spacial score (nSPS) is 12.7. The minimum absolute atomic E-state index is 0.0269. The van der Waals surface area contributed by atoms with Crippen molar-refractivity contribution < 1.29 is 4.39 Å². The van der Waals surface area contributed by atoms with E-state index < -0.39 is 0 Å². The van der Waals surface area contributed by atoms with Crippen molar-refractivity contribution in [3.05, 3.63) is 46.8 Å². The summed E-state index contributed by atoms with van der Waals surface area (Å²) in [6.45, 7) is 0. The molecule has 96 valence electrons. The lowest BCUT2D eigenvalue weighted by Gasteiger charge is -2.17. The third-order valence-electron chi connectivity index (χ3n) is 2.88. The quantitative estimate of drug-likeness (QED) is 0.924. The average molecular weight is 269 g/mol. The van der Waals surface area contributed by atoms with Gasteiger partial charge in [-0.05, 0) is 24.7 Å². The molecule has 18 heavy (non-hydrogen) atoms. The van der Waals surface area contributed by atoms with Crippen LogP contribution >= 0.6 is 11.6 Å². The summed E-state index contributed by atoms with van der Waals surface area (Å²) in [6.07, 6.45) is 2.15. The van der Waals surface area contributed by atoms with E-state index in [2.05, 4.69) is 15.4 Å². The van der Waals surface area contributed by atoms with Gasteiger partial charge in [0, 0.05) is 24.5 Å². The fraction of sp³-hybridized carbons (Fsp3) is 0.333.